The Bertz CT molecular complexity index is 801. The van der Waals surface area contributed by atoms with Gasteiger partial charge in [0.1, 0.15) is 30.9 Å². The fourth-order valence-electron chi connectivity index (χ4n) is 2.61. The number of nitrogens with zero attached hydrogens (tertiary/aromatic N) is 6. The molecular weight excluding hydrogens is 337 g/mol. The van der Waals surface area contributed by atoms with Crippen LogP contribution in [0.2, 0.25) is 0 Å². The van der Waals surface area contributed by atoms with Crippen LogP contribution in [0.1, 0.15) is 24.1 Å². The zero-order valence-electron chi connectivity index (χ0n) is 13.2. The van der Waals surface area contributed by atoms with E-state index in [1.807, 2.05) is 0 Å². The second-order valence-corrected chi connectivity index (χ2v) is 5.64. The zero-order valence-corrected chi connectivity index (χ0v) is 13.2. The zero-order chi connectivity index (χ0) is 18.1. The molecule has 10 heteroatoms. The van der Waals surface area contributed by atoms with Gasteiger partial charge in [0.05, 0.1) is 18.2 Å². The highest BCUT2D eigenvalue weighted by Gasteiger charge is 2.39. The lowest BCUT2D eigenvalue weighted by Crippen LogP contribution is -2.40. The van der Waals surface area contributed by atoms with Crippen LogP contribution in [0.3, 0.4) is 0 Å². The molecule has 7 nitrogen and oxygen atoms in total. The lowest BCUT2D eigenvalue weighted by atomic mass is 9.86. The first-order valence-electron chi connectivity index (χ1n) is 7.37. The molecule has 0 radical (unpaired) electrons. The molecule has 0 saturated carbocycles. The number of rotatable bonds is 5. The predicted molar refractivity (Wildman–Crippen MR) is 80.1 cm³/mol. The molecule has 0 saturated heterocycles. The van der Waals surface area contributed by atoms with Crippen LogP contribution in [0.15, 0.2) is 49.6 Å². The number of benzene rings is 1. The van der Waals surface area contributed by atoms with Gasteiger partial charge in [0.2, 0.25) is 0 Å². The Balaban J connectivity index is 2.01. The average molecular weight is 352 g/mol. The van der Waals surface area contributed by atoms with Crippen LogP contribution in [-0.4, -0.2) is 34.6 Å². The van der Waals surface area contributed by atoms with E-state index < -0.39 is 23.4 Å². The average Bonchev–Trinajstić information content (AvgIpc) is 3.27. The summed E-state index contributed by atoms with van der Waals surface area (Å²) >= 11 is 0. The van der Waals surface area contributed by atoms with Gasteiger partial charge in [0.25, 0.3) is 0 Å². The van der Waals surface area contributed by atoms with Gasteiger partial charge in [-0.3, -0.25) is 0 Å². The van der Waals surface area contributed by atoms with Crippen LogP contribution in [0.5, 0.6) is 0 Å². The molecular formula is C15H15F3N6O. The Kier molecular flexibility index (Phi) is 4.29. The Morgan fingerprint density at radius 1 is 1.00 bits per heavy atom. The van der Waals surface area contributed by atoms with Gasteiger partial charge in [-0.1, -0.05) is 12.1 Å². The van der Waals surface area contributed by atoms with E-state index in [-0.39, 0.29) is 6.54 Å². The molecule has 2 atom stereocenters. The molecule has 2 aromatic heterocycles. The minimum atomic E-state index is -4.44. The third-order valence-electron chi connectivity index (χ3n) is 4.11. The molecule has 3 rings (SSSR count). The van der Waals surface area contributed by atoms with Crippen LogP contribution in [0, 0.1) is 0 Å². The number of halogens is 3. The topological polar surface area (TPSA) is 81.6 Å². The van der Waals surface area contributed by atoms with E-state index in [2.05, 4.69) is 20.2 Å². The fraction of sp³-hybridized carbons (Fsp3) is 0.333. The molecule has 0 fully saturated rings. The largest absolute Gasteiger partial charge is 0.416 e. The molecule has 0 spiro atoms. The van der Waals surface area contributed by atoms with Crippen molar-refractivity contribution in [3.05, 3.63) is 60.7 Å². The Labute approximate surface area is 140 Å². The van der Waals surface area contributed by atoms with Crippen molar-refractivity contribution in [2.45, 2.75) is 31.3 Å². The second-order valence-electron chi connectivity index (χ2n) is 5.64. The Morgan fingerprint density at radius 2 is 1.60 bits per heavy atom. The summed E-state index contributed by atoms with van der Waals surface area (Å²) in [5, 5.41) is 19.3. The van der Waals surface area contributed by atoms with Gasteiger partial charge >= 0.3 is 6.18 Å². The van der Waals surface area contributed by atoms with Crippen molar-refractivity contribution in [1.82, 2.24) is 29.5 Å². The Morgan fingerprint density at radius 3 is 2.12 bits per heavy atom. The molecule has 0 aliphatic rings. The van der Waals surface area contributed by atoms with Crippen LogP contribution < -0.4 is 0 Å². The van der Waals surface area contributed by atoms with Gasteiger partial charge < -0.3 is 5.11 Å². The standard InChI is InChI=1S/C15H15F3N6O/c1-11(24-10-20-8-22-24)14(25,6-23-9-19-7-21-23)12-2-4-13(5-3-12)15(16,17)18/h2-5,7-11,25H,6H2,1H3. The lowest BCUT2D eigenvalue weighted by Gasteiger charge is -2.34. The molecule has 132 valence electrons. The molecule has 25 heavy (non-hydrogen) atoms. The number of hydrogen-bond donors (Lipinski definition) is 1. The van der Waals surface area contributed by atoms with Crippen molar-refractivity contribution < 1.29 is 18.3 Å². The van der Waals surface area contributed by atoms with Crippen LogP contribution in [-0.2, 0) is 18.3 Å². The first kappa shape index (κ1) is 17.1. The molecule has 0 aliphatic carbocycles. The third-order valence-corrected chi connectivity index (χ3v) is 4.11. The summed E-state index contributed by atoms with van der Waals surface area (Å²) in [4.78, 5) is 7.68. The van der Waals surface area contributed by atoms with Crippen LogP contribution in [0.4, 0.5) is 13.2 Å². The summed E-state index contributed by atoms with van der Waals surface area (Å²) in [6, 6.07) is 3.78. The van der Waals surface area contributed by atoms with Gasteiger partial charge in [-0.05, 0) is 24.6 Å². The number of hydrogen-bond acceptors (Lipinski definition) is 5. The number of aliphatic hydroxyl groups is 1. The van der Waals surface area contributed by atoms with Crippen molar-refractivity contribution in [3.8, 4) is 0 Å². The maximum Gasteiger partial charge on any atom is 0.416 e. The van der Waals surface area contributed by atoms with Gasteiger partial charge in [-0.15, -0.1) is 0 Å². The van der Waals surface area contributed by atoms with E-state index in [9.17, 15) is 18.3 Å². The third kappa shape index (κ3) is 3.38. The first-order chi connectivity index (χ1) is 11.8. The van der Waals surface area contributed by atoms with Crippen molar-refractivity contribution >= 4 is 0 Å². The van der Waals surface area contributed by atoms with Gasteiger partial charge in [-0.25, -0.2) is 19.3 Å². The summed E-state index contributed by atoms with van der Waals surface area (Å²) in [7, 11) is 0. The van der Waals surface area contributed by atoms with E-state index in [0.29, 0.717) is 5.56 Å². The number of aromatic nitrogens is 6. The molecule has 2 heterocycles. The van der Waals surface area contributed by atoms with E-state index in [1.54, 1.807) is 6.92 Å². The highest BCUT2D eigenvalue weighted by Crippen LogP contribution is 2.36. The molecule has 0 amide bonds. The minimum Gasteiger partial charge on any atom is -0.381 e. The van der Waals surface area contributed by atoms with E-state index >= 15 is 0 Å². The van der Waals surface area contributed by atoms with Crippen molar-refractivity contribution in [3.63, 3.8) is 0 Å². The molecule has 2 unspecified atom stereocenters. The normalized spacial score (nSPS) is 15.7. The minimum absolute atomic E-state index is 0.0145. The summed E-state index contributed by atoms with van der Waals surface area (Å²) < 4.78 is 41.2. The van der Waals surface area contributed by atoms with E-state index in [4.69, 9.17) is 0 Å². The fourth-order valence-corrected chi connectivity index (χ4v) is 2.61. The number of alkyl halides is 3. The van der Waals surface area contributed by atoms with Gasteiger partial charge in [-0.2, -0.15) is 23.4 Å². The van der Waals surface area contributed by atoms with Crippen molar-refractivity contribution in [2.75, 3.05) is 0 Å². The van der Waals surface area contributed by atoms with Crippen LogP contribution in [0.25, 0.3) is 0 Å². The molecule has 0 bridgehead atoms. The SMILES string of the molecule is CC(n1cncn1)C(O)(Cn1cncn1)c1ccc(C(F)(F)F)cc1. The van der Waals surface area contributed by atoms with Crippen molar-refractivity contribution in [2.24, 2.45) is 0 Å². The Hall–Kier alpha value is -2.75. The van der Waals surface area contributed by atoms with E-state index in [1.165, 1.54) is 46.8 Å². The molecule has 1 aromatic carbocycles. The van der Waals surface area contributed by atoms with Crippen LogP contribution >= 0.6 is 0 Å². The maximum atomic E-state index is 12.8. The van der Waals surface area contributed by atoms with E-state index in [0.717, 1.165) is 12.1 Å². The summed E-state index contributed by atoms with van der Waals surface area (Å²) in [6.07, 6.45) is 1.04. The van der Waals surface area contributed by atoms with Gasteiger partial charge in [0, 0.05) is 0 Å². The molecule has 1 N–H and O–H groups in total. The van der Waals surface area contributed by atoms with Crippen molar-refractivity contribution in [1.29, 1.82) is 0 Å². The highest BCUT2D eigenvalue weighted by molar-refractivity contribution is 5.29. The summed E-state index contributed by atoms with van der Waals surface area (Å²) in [5.74, 6) is 0. The summed E-state index contributed by atoms with van der Waals surface area (Å²) in [6.45, 7) is 1.68. The first-order valence-corrected chi connectivity index (χ1v) is 7.37. The summed E-state index contributed by atoms with van der Waals surface area (Å²) in [5.41, 5.74) is -2.06. The maximum absolute atomic E-state index is 12.8. The highest BCUT2D eigenvalue weighted by atomic mass is 19.4. The quantitative estimate of drug-likeness (QED) is 0.760. The molecule has 0 aliphatic heterocycles. The van der Waals surface area contributed by atoms with Gasteiger partial charge in [0.15, 0.2) is 0 Å². The predicted octanol–water partition coefficient (Wildman–Crippen LogP) is 2.04. The lowest BCUT2D eigenvalue weighted by molar-refractivity contribution is -0.137. The molecule has 3 aromatic rings. The smallest absolute Gasteiger partial charge is 0.381 e. The second kappa shape index (κ2) is 6.28. The monoisotopic (exact) mass is 352 g/mol.